The lowest BCUT2D eigenvalue weighted by Gasteiger charge is -2.22. The van der Waals surface area contributed by atoms with Crippen LogP contribution in [0.1, 0.15) is 36.7 Å². The van der Waals surface area contributed by atoms with Gasteiger partial charge in [-0.1, -0.05) is 30.3 Å². The maximum absolute atomic E-state index is 12.7. The van der Waals surface area contributed by atoms with Gasteiger partial charge in [-0.05, 0) is 38.5 Å². The summed E-state index contributed by atoms with van der Waals surface area (Å²) in [5.41, 5.74) is 1.77. The number of hydrogen-bond acceptors (Lipinski definition) is 3. The molecule has 0 N–H and O–H groups in total. The molecule has 4 heteroatoms. The number of anilines is 1. The average Bonchev–Trinajstić information content (AvgIpc) is 2.61. The highest BCUT2D eigenvalue weighted by Crippen LogP contribution is 2.14. The summed E-state index contributed by atoms with van der Waals surface area (Å²) >= 11 is 0. The minimum absolute atomic E-state index is 0.0231. The molecule has 0 aliphatic heterocycles. The molecule has 2 rings (SSSR count). The van der Waals surface area contributed by atoms with E-state index in [2.05, 4.69) is 23.7 Å². The van der Waals surface area contributed by atoms with Crippen LogP contribution in [0, 0.1) is 0 Å². The first kappa shape index (κ1) is 17.0. The van der Waals surface area contributed by atoms with Crippen LogP contribution in [0.25, 0.3) is 0 Å². The fraction of sp³-hybridized carbons (Fsp3) is 0.368. The summed E-state index contributed by atoms with van der Waals surface area (Å²) in [5, 5.41) is 0. The number of amides is 1. The van der Waals surface area contributed by atoms with Crippen LogP contribution >= 0.6 is 0 Å². The largest absolute Gasteiger partial charge is 0.357 e. The number of nitrogens with zero attached hydrogens (tertiary/aromatic N) is 3. The molecule has 0 saturated heterocycles. The van der Waals surface area contributed by atoms with E-state index in [9.17, 15) is 4.79 Å². The lowest BCUT2D eigenvalue weighted by Crippen LogP contribution is -2.30. The van der Waals surface area contributed by atoms with Crippen molar-refractivity contribution in [3.63, 3.8) is 0 Å². The van der Waals surface area contributed by atoms with E-state index in [1.54, 1.807) is 6.20 Å². The van der Waals surface area contributed by atoms with Gasteiger partial charge in [0.2, 0.25) is 0 Å². The number of aromatic nitrogens is 1. The molecule has 0 spiro atoms. The van der Waals surface area contributed by atoms with Crippen molar-refractivity contribution in [2.75, 3.05) is 24.5 Å². The van der Waals surface area contributed by atoms with Crippen molar-refractivity contribution in [3.05, 3.63) is 59.8 Å². The van der Waals surface area contributed by atoms with Crippen molar-refractivity contribution < 1.29 is 4.79 Å². The Morgan fingerprint density at radius 1 is 0.957 bits per heavy atom. The lowest BCUT2D eigenvalue weighted by atomic mass is 10.2. The Bertz CT molecular complexity index is 606. The van der Waals surface area contributed by atoms with Gasteiger partial charge >= 0.3 is 0 Å². The van der Waals surface area contributed by atoms with Crippen molar-refractivity contribution in [3.8, 4) is 0 Å². The normalized spacial score (nSPS) is 10.4. The van der Waals surface area contributed by atoms with Crippen molar-refractivity contribution in [2.24, 2.45) is 0 Å². The molecule has 0 saturated carbocycles. The second-order valence-corrected chi connectivity index (χ2v) is 5.38. The van der Waals surface area contributed by atoms with Crippen LogP contribution < -0.4 is 4.90 Å². The number of carbonyl (C=O) groups is 1. The Morgan fingerprint density at radius 2 is 1.65 bits per heavy atom. The highest BCUT2D eigenvalue weighted by molar-refractivity contribution is 5.94. The molecule has 122 valence electrons. The maximum Gasteiger partial charge on any atom is 0.255 e. The fourth-order valence-electron chi connectivity index (χ4n) is 2.56. The first-order valence-electron chi connectivity index (χ1n) is 8.23. The molecule has 4 nitrogen and oxygen atoms in total. The summed E-state index contributed by atoms with van der Waals surface area (Å²) < 4.78 is 0. The molecule has 0 bridgehead atoms. The standard InChI is InChI=1S/C19H25N3O/c1-4-21(5-2)18-13-12-17(14-20-18)19(23)22(6-3)15-16-10-8-7-9-11-16/h7-14H,4-6,15H2,1-3H3. The number of pyridine rings is 1. The van der Waals surface area contributed by atoms with Gasteiger partial charge in [0, 0.05) is 32.4 Å². The van der Waals surface area contributed by atoms with E-state index in [4.69, 9.17) is 0 Å². The van der Waals surface area contributed by atoms with Gasteiger partial charge in [-0.15, -0.1) is 0 Å². The number of hydrogen-bond donors (Lipinski definition) is 0. The van der Waals surface area contributed by atoms with E-state index >= 15 is 0 Å². The summed E-state index contributed by atoms with van der Waals surface area (Å²) in [6, 6.07) is 13.8. The van der Waals surface area contributed by atoms with E-state index in [0.29, 0.717) is 18.7 Å². The molecular weight excluding hydrogens is 286 g/mol. The molecule has 1 aromatic heterocycles. The molecular formula is C19H25N3O. The maximum atomic E-state index is 12.7. The van der Waals surface area contributed by atoms with Crippen molar-refractivity contribution in [1.82, 2.24) is 9.88 Å². The topological polar surface area (TPSA) is 36.4 Å². The highest BCUT2D eigenvalue weighted by atomic mass is 16.2. The van der Waals surface area contributed by atoms with Gasteiger partial charge in [0.25, 0.3) is 5.91 Å². The van der Waals surface area contributed by atoms with E-state index in [-0.39, 0.29) is 5.91 Å². The van der Waals surface area contributed by atoms with E-state index < -0.39 is 0 Å². The zero-order valence-corrected chi connectivity index (χ0v) is 14.2. The predicted molar refractivity (Wildman–Crippen MR) is 94.7 cm³/mol. The van der Waals surface area contributed by atoms with Crippen molar-refractivity contribution in [2.45, 2.75) is 27.3 Å². The first-order chi connectivity index (χ1) is 11.2. The number of carbonyl (C=O) groups excluding carboxylic acids is 1. The average molecular weight is 311 g/mol. The van der Waals surface area contributed by atoms with Crippen LogP contribution in [0.3, 0.4) is 0 Å². The van der Waals surface area contributed by atoms with E-state index in [1.807, 2.05) is 54.3 Å². The van der Waals surface area contributed by atoms with Crippen LogP contribution in [0.5, 0.6) is 0 Å². The molecule has 0 fully saturated rings. The van der Waals surface area contributed by atoms with Crippen LogP contribution in [-0.2, 0) is 6.54 Å². The summed E-state index contributed by atoms with van der Waals surface area (Å²) in [6.45, 7) is 9.31. The summed E-state index contributed by atoms with van der Waals surface area (Å²) in [6.07, 6.45) is 1.68. The zero-order valence-electron chi connectivity index (χ0n) is 14.2. The van der Waals surface area contributed by atoms with E-state index in [0.717, 1.165) is 24.5 Å². The second-order valence-electron chi connectivity index (χ2n) is 5.38. The fourth-order valence-corrected chi connectivity index (χ4v) is 2.56. The number of rotatable bonds is 7. The monoisotopic (exact) mass is 311 g/mol. The van der Waals surface area contributed by atoms with Crippen LogP contribution in [-0.4, -0.2) is 35.4 Å². The molecule has 1 aromatic carbocycles. The molecule has 0 aliphatic carbocycles. The Balaban J connectivity index is 2.11. The molecule has 1 heterocycles. The Kier molecular flexibility index (Phi) is 6.15. The highest BCUT2D eigenvalue weighted by Gasteiger charge is 2.15. The van der Waals surface area contributed by atoms with Gasteiger partial charge in [-0.3, -0.25) is 4.79 Å². The van der Waals surface area contributed by atoms with Crippen LogP contribution in [0.4, 0.5) is 5.82 Å². The van der Waals surface area contributed by atoms with Crippen LogP contribution in [0.15, 0.2) is 48.7 Å². The van der Waals surface area contributed by atoms with Gasteiger partial charge in [0.1, 0.15) is 5.82 Å². The molecule has 0 atom stereocenters. The Morgan fingerprint density at radius 3 is 2.17 bits per heavy atom. The van der Waals surface area contributed by atoms with Gasteiger partial charge in [-0.2, -0.15) is 0 Å². The summed E-state index contributed by atoms with van der Waals surface area (Å²) in [5.74, 6) is 0.938. The third-order valence-corrected chi connectivity index (χ3v) is 3.97. The second kappa shape index (κ2) is 8.32. The Hall–Kier alpha value is -2.36. The minimum Gasteiger partial charge on any atom is -0.357 e. The zero-order chi connectivity index (χ0) is 16.7. The smallest absolute Gasteiger partial charge is 0.255 e. The third kappa shape index (κ3) is 4.31. The molecule has 0 aliphatic rings. The molecule has 0 unspecified atom stereocenters. The SMILES string of the molecule is CCN(Cc1ccccc1)C(=O)c1ccc(N(CC)CC)nc1. The van der Waals surface area contributed by atoms with Gasteiger partial charge in [-0.25, -0.2) is 4.98 Å². The van der Waals surface area contributed by atoms with Crippen LogP contribution in [0.2, 0.25) is 0 Å². The Labute approximate surface area is 138 Å². The number of benzene rings is 1. The predicted octanol–water partition coefficient (Wildman–Crippen LogP) is 3.59. The van der Waals surface area contributed by atoms with Crippen molar-refractivity contribution in [1.29, 1.82) is 0 Å². The van der Waals surface area contributed by atoms with E-state index in [1.165, 1.54) is 0 Å². The molecule has 2 aromatic rings. The summed E-state index contributed by atoms with van der Waals surface area (Å²) in [7, 11) is 0. The quantitative estimate of drug-likeness (QED) is 0.784. The van der Waals surface area contributed by atoms with Gasteiger partial charge in [0.15, 0.2) is 0 Å². The molecule has 1 amide bonds. The first-order valence-corrected chi connectivity index (χ1v) is 8.23. The lowest BCUT2D eigenvalue weighted by molar-refractivity contribution is 0.0752. The molecule has 0 radical (unpaired) electrons. The van der Waals surface area contributed by atoms with Crippen molar-refractivity contribution >= 4 is 11.7 Å². The molecule has 23 heavy (non-hydrogen) atoms. The summed E-state index contributed by atoms with van der Waals surface area (Å²) in [4.78, 5) is 21.1. The third-order valence-electron chi connectivity index (χ3n) is 3.97. The van der Waals surface area contributed by atoms with Gasteiger partial charge in [0.05, 0.1) is 5.56 Å². The van der Waals surface area contributed by atoms with Gasteiger partial charge < -0.3 is 9.80 Å². The minimum atomic E-state index is 0.0231.